The van der Waals surface area contributed by atoms with Crippen molar-refractivity contribution in [1.29, 1.82) is 0 Å². The van der Waals surface area contributed by atoms with Crippen LogP contribution in [0.25, 0.3) is 11.1 Å². The lowest BCUT2D eigenvalue weighted by molar-refractivity contribution is -0.146. The fourth-order valence-corrected chi connectivity index (χ4v) is 3.62. The first-order chi connectivity index (χ1) is 14.8. The normalized spacial score (nSPS) is 15.2. The number of carbonyl (C=O) groups excluding carboxylic acids is 2. The Kier molecular flexibility index (Phi) is 6.91. The zero-order chi connectivity index (χ0) is 22.5. The average molecular weight is 426 g/mol. The molecule has 8 nitrogen and oxygen atoms in total. The molecule has 0 spiro atoms. The van der Waals surface area contributed by atoms with E-state index in [-0.39, 0.29) is 12.5 Å². The van der Waals surface area contributed by atoms with E-state index in [1.54, 1.807) is 13.8 Å². The van der Waals surface area contributed by atoms with Crippen molar-refractivity contribution in [2.24, 2.45) is 5.92 Å². The molecule has 0 saturated heterocycles. The number of hydrogen-bond acceptors (Lipinski definition) is 5. The number of amides is 2. The Hall–Kier alpha value is -3.39. The first kappa shape index (κ1) is 22.3. The van der Waals surface area contributed by atoms with Crippen LogP contribution in [0.15, 0.2) is 48.5 Å². The number of carboxylic acid groups (broad SMARTS) is 1. The first-order valence-electron chi connectivity index (χ1n) is 10.1. The van der Waals surface area contributed by atoms with Gasteiger partial charge < -0.3 is 25.6 Å². The highest BCUT2D eigenvalue weighted by Crippen LogP contribution is 2.44. The van der Waals surface area contributed by atoms with Crippen LogP contribution in [0, 0.1) is 5.92 Å². The molecule has 0 fully saturated rings. The third-order valence-corrected chi connectivity index (χ3v) is 5.61. The van der Waals surface area contributed by atoms with Crippen LogP contribution in [0.3, 0.4) is 0 Å². The number of carbonyl (C=O) groups is 3. The summed E-state index contributed by atoms with van der Waals surface area (Å²) in [5.41, 5.74) is 4.48. The van der Waals surface area contributed by atoms with Gasteiger partial charge in [0.2, 0.25) is 5.91 Å². The van der Waals surface area contributed by atoms with Crippen molar-refractivity contribution in [3.05, 3.63) is 59.7 Å². The van der Waals surface area contributed by atoms with E-state index in [2.05, 4.69) is 22.8 Å². The van der Waals surface area contributed by atoms with Crippen molar-refractivity contribution in [2.75, 3.05) is 13.2 Å². The van der Waals surface area contributed by atoms with Crippen molar-refractivity contribution >= 4 is 18.0 Å². The van der Waals surface area contributed by atoms with E-state index in [9.17, 15) is 19.5 Å². The van der Waals surface area contributed by atoms with Crippen molar-refractivity contribution in [3.63, 3.8) is 0 Å². The van der Waals surface area contributed by atoms with E-state index in [0.29, 0.717) is 0 Å². The molecule has 1 aliphatic rings. The zero-order valence-corrected chi connectivity index (χ0v) is 17.4. The van der Waals surface area contributed by atoms with Gasteiger partial charge in [0.25, 0.3) is 0 Å². The predicted octanol–water partition coefficient (Wildman–Crippen LogP) is 2.11. The second kappa shape index (κ2) is 9.61. The van der Waals surface area contributed by atoms with Crippen LogP contribution >= 0.6 is 0 Å². The molecule has 8 heteroatoms. The molecule has 3 unspecified atom stereocenters. The summed E-state index contributed by atoms with van der Waals surface area (Å²) in [6.45, 7) is 3.00. The summed E-state index contributed by atoms with van der Waals surface area (Å²) in [6.07, 6.45) is -2.32. The summed E-state index contributed by atoms with van der Waals surface area (Å²) < 4.78 is 5.47. The fourth-order valence-electron chi connectivity index (χ4n) is 3.62. The topological polar surface area (TPSA) is 125 Å². The highest BCUT2D eigenvalue weighted by atomic mass is 16.5. The lowest BCUT2D eigenvalue weighted by Crippen LogP contribution is -2.46. The van der Waals surface area contributed by atoms with Crippen molar-refractivity contribution in [2.45, 2.75) is 31.9 Å². The number of aliphatic hydroxyl groups excluding tert-OH is 1. The number of benzene rings is 2. The van der Waals surface area contributed by atoms with Gasteiger partial charge in [0, 0.05) is 12.0 Å². The maximum Gasteiger partial charge on any atom is 0.407 e. The highest BCUT2D eigenvalue weighted by molar-refractivity contribution is 5.81. The maximum atomic E-state index is 12.3. The van der Waals surface area contributed by atoms with Gasteiger partial charge in [0.05, 0.1) is 12.5 Å². The van der Waals surface area contributed by atoms with Gasteiger partial charge in [-0.25, -0.2) is 9.59 Å². The summed E-state index contributed by atoms with van der Waals surface area (Å²) in [5, 5.41) is 22.9. The van der Waals surface area contributed by atoms with Crippen LogP contribution in [0.4, 0.5) is 4.79 Å². The standard InChI is InChI=1S/C23H26N2O6/c1-13(21(27)24-11-20(26)22(28)29)14(2)25-23(30)31-12-19-17-9-5-3-7-15(17)16-8-4-6-10-18(16)19/h3-10,13-14,19-20,26H,11-12H2,1-2H3,(H,24,27)(H,25,30)(H,28,29). The summed E-state index contributed by atoms with van der Waals surface area (Å²) >= 11 is 0. The minimum atomic E-state index is -1.68. The molecule has 164 valence electrons. The SMILES string of the molecule is CC(NC(=O)OCC1c2ccccc2-c2ccccc21)C(C)C(=O)NCC(O)C(=O)O. The molecule has 31 heavy (non-hydrogen) atoms. The number of alkyl carbamates (subject to hydrolysis) is 1. The van der Waals surface area contributed by atoms with Crippen LogP contribution in [-0.2, 0) is 14.3 Å². The number of hydrogen-bond donors (Lipinski definition) is 4. The van der Waals surface area contributed by atoms with Crippen LogP contribution in [0.1, 0.15) is 30.9 Å². The van der Waals surface area contributed by atoms with E-state index in [4.69, 9.17) is 9.84 Å². The number of aliphatic carboxylic acids is 1. The van der Waals surface area contributed by atoms with Gasteiger partial charge in [-0.2, -0.15) is 0 Å². The molecule has 3 rings (SSSR count). The second-order valence-corrected chi connectivity index (χ2v) is 7.65. The number of carboxylic acids is 1. The Morgan fingerprint density at radius 3 is 2.10 bits per heavy atom. The number of aliphatic hydroxyl groups is 1. The van der Waals surface area contributed by atoms with Crippen molar-refractivity contribution < 1.29 is 29.3 Å². The van der Waals surface area contributed by atoms with Crippen LogP contribution in [0.2, 0.25) is 0 Å². The molecule has 0 saturated carbocycles. The largest absolute Gasteiger partial charge is 0.479 e. The fraction of sp³-hybridized carbons (Fsp3) is 0.348. The molecule has 2 amide bonds. The Labute approximate surface area is 180 Å². The zero-order valence-electron chi connectivity index (χ0n) is 17.4. The average Bonchev–Trinajstić information content (AvgIpc) is 3.08. The quantitative estimate of drug-likeness (QED) is 0.512. The molecule has 2 aromatic rings. The summed E-state index contributed by atoms with van der Waals surface area (Å²) in [7, 11) is 0. The summed E-state index contributed by atoms with van der Waals surface area (Å²) in [6, 6.07) is 15.5. The van der Waals surface area contributed by atoms with Crippen LogP contribution < -0.4 is 10.6 Å². The first-order valence-corrected chi connectivity index (χ1v) is 10.1. The molecule has 0 aliphatic heterocycles. The van der Waals surface area contributed by atoms with E-state index < -0.39 is 42.6 Å². The molecular weight excluding hydrogens is 400 g/mol. The molecule has 2 aromatic carbocycles. The summed E-state index contributed by atoms with van der Waals surface area (Å²) in [4.78, 5) is 35.1. The Morgan fingerprint density at radius 2 is 1.55 bits per heavy atom. The van der Waals surface area contributed by atoms with Crippen LogP contribution in [-0.4, -0.2) is 53.5 Å². The number of rotatable bonds is 8. The minimum absolute atomic E-state index is 0.0633. The molecule has 1 aliphatic carbocycles. The van der Waals surface area contributed by atoms with Gasteiger partial charge in [0.15, 0.2) is 6.10 Å². The molecule has 4 N–H and O–H groups in total. The van der Waals surface area contributed by atoms with E-state index in [1.165, 1.54) is 0 Å². The Bertz CT molecular complexity index is 931. The number of nitrogens with one attached hydrogen (secondary N) is 2. The van der Waals surface area contributed by atoms with Gasteiger partial charge in [-0.05, 0) is 29.2 Å². The molecule has 0 heterocycles. The van der Waals surface area contributed by atoms with Crippen molar-refractivity contribution in [3.8, 4) is 11.1 Å². The minimum Gasteiger partial charge on any atom is -0.479 e. The van der Waals surface area contributed by atoms with Gasteiger partial charge in [-0.1, -0.05) is 55.5 Å². The van der Waals surface area contributed by atoms with E-state index >= 15 is 0 Å². The van der Waals surface area contributed by atoms with Gasteiger partial charge in [-0.15, -0.1) is 0 Å². The molecule has 0 radical (unpaired) electrons. The predicted molar refractivity (Wildman–Crippen MR) is 113 cm³/mol. The highest BCUT2D eigenvalue weighted by Gasteiger charge is 2.29. The molecule has 3 atom stereocenters. The molecule has 0 bridgehead atoms. The summed E-state index contributed by atoms with van der Waals surface area (Å²) in [5.74, 6) is -2.61. The third-order valence-electron chi connectivity index (χ3n) is 5.61. The van der Waals surface area contributed by atoms with Gasteiger partial charge >= 0.3 is 12.1 Å². The Morgan fingerprint density at radius 1 is 1.00 bits per heavy atom. The van der Waals surface area contributed by atoms with Crippen molar-refractivity contribution in [1.82, 2.24) is 10.6 Å². The monoisotopic (exact) mass is 426 g/mol. The lowest BCUT2D eigenvalue weighted by Gasteiger charge is -2.21. The molecular formula is C23H26N2O6. The second-order valence-electron chi connectivity index (χ2n) is 7.65. The lowest BCUT2D eigenvalue weighted by atomic mass is 9.98. The number of ether oxygens (including phenoxy) is 1. The van der Waals surface area contributed by atoms with Gasteiger partial charge in [-0.3, -0.25) is 4.79 Å². The maximum absolute atomic E-state index is 12.3. The Balaban J connectivity index is 1.54. The van der Waals surface area contributed by atoms with Crippen LogP contribution in [0.5, 0.6) is 0 Å². The molecule has 0 aromatic heterocycles. The van der Waals surface area contributed by atoms with E-state index in [0.717, 1.165) is 22.3 Å². The smallest absolute Gasteiger partial charge is 0.407 e. The van der Waals surface area contributed by atoms with Gasteiger partial charge in [0.1, 0.15) is 6.61 Å². The van der Waals surface area contributed by atoms with E-state index in [1.807, 2.05) is 36.4 Å². The number of fused-ring (bicyclic) bond motifs is 3. The third kappa shape index (κ3) is 5.03.